The molecule has 5 rings (SSSR count). The number of nitrogens with one attached hydrogen (secondary N) is 1. The molecular weight excluding hydrogens is 522 g/mol. The Morgan fingerprint density at radius 1 is 1.22 bits per heavy atom. The minimum absolute atomic E-state index is 0.0409. The molecule has 2 aromatic carbocycles. The summed E-state index contributed by atoms with van der Waals surface area (Å²) in [7, 11) is -4.24. The molecule has 1 amide bonds. The quantitative estimate of drug-likeness (QED) is 0.344. The highest BCUT2D eigenvalue weighted by Crippen LogP contribution is 2.26. The van der Waals surface area contributed by atoms with Crippen molar-refractivity contribution in [1.29, 1.82) is 0 Å². The average molecular weight is 544 g/mol. The van der Waals surface area contributed by atoms with Gasteiger partial charge in [-0.1, -0.05) is 17.7 Å². The van der Waals surface area contributed by atoms with E-state index in [4.69, 9.17) is 22.1 Å². The summed E-state index contributed by atoms with van der Waals surface area (Å²) in [5.41, 5.74) is 7.98. The number of aromatic amines is 1. The van der Waals surface area contributed by atoms with Gasteiger partial charge in [0.15, 0.2) is 0 Å². The third kappa shape index (κ3) is 4.68. The Hall–Kier alpha value is -3.81. The van der Waals surface area contributed by atoms with Gasteiger partial charge in [-0.05, 0) is 42.8 Å². The zero-order chi connectivity index (χ0) is 26.3. The van der Waals surface area contributed by atoms with Crippen LogP contribution in [0.4, 0.5) is 5.82 Å². The first-order valence-electron chi connectivity index (χ1n) is 11.3. The fourth-order valence-corrected chi connectivity index (χ4v) is 5.70. The number of nitrogens with zero attached hydrogens (tertiary/aromatic N) is 5. The first-order chi connectivity index (χ1) is 17.7. The number of sulfonamides is 1. The van der Waals surface area contributed by atoms with E-state index in [2.05, 4.69) is 19.9 Å². The number of fused-ring (bicyclic) bond motifs is 2. The zero-order valence-electron chi connectivity index (χ0n) is 19.6. The van der Waals surface area contributed by atoms with Crippen molar-refractivity contribution in [2.75, 3.05) is 25.4 Å². The minimum Gasteiger partial charge on any atom is -0.464 e. The number of H-pyrrole nitrogens is 1. The molecule has 0 radical (unpaired) electrons. The number of aromatic nitrogens is 4. The van der Waals surface area contributed by atoms with Gasteiger partial charge in [-0.3, -0.25) is 4.79 Å². The van der Waals surface area contributed by atoms with Crippen LogP contribution in [0.1, 0.15) is 12.5 Å². The molecule has 3 N–H and O–H groups in total. The summed E-state index contributed by atoms with van der Waals surface area (Å²) in [6.45, 7) is 0.973. The third-order valence-corrected chi connectivity index (χ3v) is 7.91. The van der Waals surface area contributed by atoms with Crippen LogP contribution in [-0.4, -0.2) is 75.2 Å². The summed E-state index contributed by atoms with van der Waals surface area (Å²) in [6, 6.07) is 8.79. The van der Waals surface area contributed by atoms with Gasteiger partial charge in [-0.15, -0.1) is 0 Å². The fraction of sp³-hybridized carbons (Fsp3) is 0.261. The molecule has 1 fully saturated rings. The number of carbonyl (C=O) groups excluding carboxylic acids is 2. The van der Waals surface area contributed by atoms with Crippen LogP contribution in [-0.2, 0) is 30.9 Å². The Morgan fingerprint density at radius 3 is 2.81 bits per heavy atom. The number of piperazine rings is 1. The van der Waals surface area contributed by atoms with Crippen LogP contribution in [0, 0.1) is 0 Å². The van der Waals surface area contributed by atoms with Gasteiger partial charge >= 0.3 is 5.97 Å². The standard InChI is InChI=1S/C23H22ClN7O5S/c1-2-36-22(33)19-10-30(37(34,35)23-28-16-6-4-14(24)8-18(16)29-23)11-20(32)31(19)9-13-3-5-15-17(7-13)26-12-27-21(15)25/h3-8,12,19H,2,9-11H2,1H3,(H,28,29)(H2,25,26,27)/t19-/m0/s1. The molecule has 1 saturated heterocycles. The van der Waals surface area contributed by atoms with Gasteiger partial charge < -0.3 is 20.4 Å². The zero-order valence-corrected chi connectivity index (χ0v) is 21.2. The van der Waals surface area contributed by atoms with Crippen molar-refractivity contribution in [3.8, 4) is 0 Å². The van der Waals surface area contributed by atoms with Crippen LogP contribution in [0.2, 0.25) is 5.02 Å². The highest BCUT2D eigenvalue weighted by molar-refractivity contribution is 7.89. The molecule has 37 heavy (non-hydrogen) atoms. The molecule has 3 heterocycles. The highest BCUT2D eigenvalue weighted by atomic mass is 35.5. The molecule has 0 aliphatic carbocycles. The Kier molecular flexibility index (Phi) is 6.43. The monoisotopic (exact) mass is 543 g/mol. The number of rotatable bonds is 6. The van der Waals surface area contributed by atoms with Crippen molar-refractivity contribution in [2.45, 2.75) is 24.7 Å². The van der Waals surface area contributed by atoms with Gasteiger partial charge in [-0.25, -0.2) is 28.2 Å². The third-order valence-electron chi connectivity index (χ3n) is 6.03. The number of hydrogen-bond donors (Lipinski definition) is 2. The number of nitrogen functional groups attached to an aromatic ring is 1. The van der Waals surface area contributed by atoms with E-state index in [-0.39, 0.29) is 24.9 Å². The lowest BCUT2D eigenvalue weighted by Crippen LogP contribution is -2.60. The maximum atomic E-state index is 13.4. The lowest BCUT2D eigenvalue weighted by Gasteiger charge is -2.38. The molecule has 0 saturated carbocycles. The Morgan fingerprint density at radius 2 is 2.03 bits per heavy atom. The summed E-state index contributed by atoms with van der Waals surface area (Å²) in [6.07, 6.45) is 1.34. The summed E-state index contributed by atoms with van der Waals surface area (Å²) in [4.78, 5) is 42.5. The van der Waals surface area contributed by atoms with Crippen LogP contribution in [0.5, 0.6) is 0 Å². The summed E-state index contributed by atoms with van der Waals surface area (Å²) in [5, 5.41) is 0.720. The Bertz CT molecular complexity index is 1640. The molecule has 0 spiro atoms. The smallest absolute Gasteiger partial charge is 0.330 e. The first-order valence-corrected chi connectivity index (χ1v) is 13.1. The predicted octanol–water partition coefficient (Wildman–Crippen LogP) is 1.71. The number of ether oxygens (including phenoxy) is 1. The molecule has 1 atom stereocenters. The van der Waals surface area contributed by atoms with Gasteiger partial charge in [0.25, 0.3) is 10.0 Å². The number of esters is 1. The number of anilines is 1. The maximum absolute atomic E-state index is 13.4. The van der Waals surface area contributed by atoms with Crippen LogP contribution in [0.3, 0.4) is 0 Å². The first kappa shape index (κ1) is 24.9. The van der Waals surface area contributed by atoms with E-state index in [1.807, 2.05) is 0 Å². The largest absolute Gasteiger partial charge is 0.464 e. The Labute approximate surface area is 216 Å². The van der Waals surface area contributed by atoms with E-state index < -0.39 is 34.5 Å². The molecule has 2 aromatic heterocycles. The van der Waals surface area contributed by atoms with Gasteiger partial charge in [0.2, 0.25) is 11.1 Å². The SMILES string of the molecule is CCOC(=O)[C@@H]1CN(S(=O)(=O)c2nc3ccc(Cl)cc3[nH]2)CC(=O)N1Cc1ccc2c(N)ncnc2c1. The van der Waals surface area contributed by atoms with Crippen LogP contribution in [0.15, 0.2) is 47.9 Å². The van der Waals surface area contributed by atoms with E-state index in [1.165, 1.54) is 11.2 Å². The lowest BCUT2D eigenvalue weighted by atomic mass is 10.1. The van der Waals surface area contributed by atoms with E-state index in [0.29, 0.717) is 38.3 Å². The molecular formula is C23H22ClN7O5S. The molecule has 1 aliphatic heterocycles. The summed E-state index contributed by atoms with van der Waals surface area (Å²) >= 11 is 5.99. The highest BCUT2D eigenvalue weighted by Gasteiger charge is 2.43. The molecule has 4 aromatic rings. The lowest BCUT2D eigenvalue weighted by molar-refractivity contribution is -0.158. The van der Waals surface area contributed by atoms with Gasteiger partial charge in [0, 0.05) is 23.5 Å². The van der Waals surface area contributed by atoms with Crippen molar-refractivity contribution in [1.82, 2.24) is 29.1 Å². The van der Waals surface area contributed by atoms with Gasteiger partial charge in [0.05, 0.1) is 29.7 Å². The number of hydrogen-bond acceptors (Lipinski definition) is 9. The van der Waals surface area contributed by atoms with Crippen molar-refractivity contribution in [2.24, 2.45) is 0 Å². The maximum Gasteiger partial charge on any atom is 0.330 e. The second-order valence-corrected chi connectivity index (χ2v) is 10.7. The van der Waals surface area contributed by atoms with Crippen molar-refractivity contribution < 1.29 is 22.7 Å². The number of amides is 1. The summed E-state index contributed by atoms with van der Waals surface area (Å²) in [5.74, 6) is -0.947. The number of imidazole rings is 1. The predicted molar refractivity (Wildman–Crippen MR) is 135 cm³/mol. The number of carbonyl (C=O) groups is 2. The van der Waals surface area contributed by atoms with E-state index in [1.54, 1.807) is 43.3 Å². The number of benzene rings is 2. The van der Waals surface area contributed by atoms with Crippen molar-refractivity contribution >= 4 is 61.3 Å². The van der Waals surface area contributed by atoms with Crippen molar-refractivity contribution in [3.63, 3.8) is 0 Å². The van der Waals surface area contributed by atoms with Crippen LogP contribution >= 0.6 is 11.6 Å². The van der Waals surface area contributed by atoms with E-state index in [0.717, 1.165) is 4.31 Å². The van der Waals surface area contributed by atoms with E-state index in [9.17, 15) is 18.0 Å². The normalized spacial score (nSPS) is 17.0. The molecule has 12 nitrogen and oxygen atoms in total. The topological polar surface area (TPSA) is 164 Å². The van der Waals surface area contributed by atoms with Crippen LogP contribution in [0.25, 0.3) is 21.9 Å². The molecule has 192 valence electrons. The molecule has 0 bridgehead atoms. The molecule has 14 heteroatoms. The van der Waals surface area contributed by atoms with E-state index >= 15 is 0 Å². The Balaban J connectivity index is 1.45. The molecule has 1 aliphatic rings. The number of nitrogens with two attached hydrogens (primary N) is 1. The van der Waals surface area contributed by atoms with Crippen molar-refractivity contribution in [3.05, 3.63) is 53.3 Å². The fourth-order valence-electron chi connectivity index (χ4n) is 4.21. The average Bonchev–Trinajstić information content (AvgIpc) is 3.29. The van der Waals surface area contributed by atoms with Gasteiger partial charge in [0.1, 0.15) is 18.2 Å². The second kappa shape index (κ2) is 9.57. The summed E-state index contributed by atoms with van der Waals surface area (Å²) < 4.78 is 32.9. The second-order valence-electron chi connectivity index (χ2n) is 8.40. The molecule has 0 unspecified atom stereocenters. The van der Waals surface area contributed by atoms with Crippen LogP contribution < -0.4 is 5.73 Å². The minimum atomic E-state index is -4.24. The van der Waals surface area contributed by atoms with Gasteiger partial charge in [-0.2, -0.15) is 4.31 Å². The number of halogens is 1.